The predicted molar refractivity (Wildman–Crippen MR) is 76.4 cm³/mol. The molecule has 0 fully saturated rings. The van der Waals surface area contributed by atoms with E-state index in [1.807, 2.05) is 20.8 Å². The van der Waals surface area contributed by atoms with Gasteiger partial charge in [-0.3, -0.25) is 9.89 Å². The molecule has 1 amide bonds. The summed E-state index contributed by atoms with van der Waals surface area (Å²) in [6.07, 6.45) is 1.66. The van der Waals surface area contributed by atoms with Crippen LogP contribution in [0.4, 0.5) is 0 Å². The first-order valence-corrected chi connectivity index (χ1v) is 6.76. The van der Waals surface area contributed by atoms with E-state index >= 15 is 0 Å². The lowest BCUT2D eigenvalue weighted by atomic mass is 10.0. The molecule has 108 valence electrons. The Morgan fingerprint density at radius 1 is 1.50 bits per heavy atom. The third-order valence-corrected chi connectivity index (χ3v) is 3.36. The maximum absolute atomic E-state index is 12.0. The summed E-state index contributed by atoms with van der Waals surface area (Å²) in [5.74, 6) is 0.00875. The smallest absolute Gasteiger partial charge is 0.252 e. The Labute approximate surface area is 117 Å². The lowest BCUT2D eigenvalue weighted by molar-refractivity contribution is 0.0920. The Morgan fingerprint density at radius 2 is 2.25 bits per heavy atom. The first-order valence-electron chi connectivity index (χ1n) is 6.76. The van der Waals surface area contributed by atoms with Crippen molar-refractivity contribution in [2.24, 2.45) is 5.92 Å². The molecule has 0 saturated heterocycles. The number of carbonyl (C=O) groups is 1. The summed E-state index contributed by atoms with van der Waals surface area (Å²) in [5, 5.41) is 20.2. The number of rotatable bonds is 5. The molecule has 1 atom stereocenters. The number of fused-ring (bicyclic) bond motifs is 1. The fourth-order valence-corrected chi connectivity index (χ4v) is 1.91. The number of pyridine rings is 1. The maximum Gasteiger partial charge on any atom is 0.252 e. The maximum atomic E-state index is 12.0. The van der Waals surface area contributed by atoms with E-state index in [9.17, 15) is 9.90 Å². The Morgan fingerprint density at radius 3 is 2.95 bits per heavy atom. The van der Waals surface area contributed by atoms with Crippen molar-refractivity contribution in [3.63, 3.8) is 0 Å². The highest BCUT2D eigenvalue weighted by molar-refractivity contribution is 5.97. The largest absolute Gasteiger partial charge is 0.393 e. The van der Waals surface area contributed by atoms with Crippen LogP contribution in [0.5, 0.6) is 0 Å². The Bertz CT molecular complexity index is 606. The zero-order chi connectivity index (χ0) is 14.7. The minimum absolute atomic E-state index is 0.184. The van der Waals surface area contributed by atoms with Crippen molar-refractivity contribution in [1.82, 2.24) is 20.5 Å². The second-order valence-electron chi connectivity index (χ2n) is 5.30. The normalized spacial score (nSPS) is 12.8. The highest BCUT2D eigenvalue weighted by Gasteiger charge is 2.12. The molecule has 0 aliphatic rings. The summed E-state index contributed by atoms with van der Waals surface area (Å²) in [6.45, 7) is 6.23. The van der Waals surface area contributed by atoms with Crippen LogP contribution in [0.3, 0.4) is 0 Å². The van der Waals surface area contributed by atoms with Gasteiger partial charge in [0.1, 0.15) is 0 Å². The molecule has 0 radical (unpaired) electrons. The highest BCUT2D eigenvalue weighted by Crippen LogP contribution is 2.14. The molecule has 6 nitrogen and oxygen atoms in total. The van der Waals surface area contributed by atoms with Crippen LogP contribution in [-0.4, -0.2) is 38.8 Å². The van der Waals surface area contributed by atoms with Crippen molar-refractivity contribution in [3.8, 4) is 0 Å². The van der Waals surface area contributed by atoms with Crippen LogP contribution < -0.4 is 5.32 Å². The van der Waals surface area contributed by atoms with Crippen molar-refractivity contribution >= 4 is 16.9 Å². The SMILES string of the molecule is Cc1[nH]nc2ncc(C(=O)NCCC(O)C(C)C)cc12. The first kappa shape index (κ1) is 14.5. The molecule has 20 heavy (non-hydrogen) atoms. The van der Waals surface area contributed by atoms with Crippen LogP contribution in [-0.2, 0) is 0 Å². The van der Waals surface area contributed by atoms with Gasteiger partial charge in [-0.1, -0.05) is 13.8 Å². The van der Waals surface area contributed by atoms with Crippen molar-refractivity contribution in [3.05, 3.63) is 23.5 Å². The molecule has 0 aliphatic carbocycles. The molecular weight excluding hydrogens is 256 g/mol. The molecule has 2 heterocycles. The number of aromatic amines is 1. The minimum Gasteiger partial charge on any atom is -0.393 e. The van der Waals surface area contributed by atoms with Gasteiger partial charge in [0.15, 0.2) is 5.65 Å². The van der Waals surface area contributed by atoms with E-state index in [0.717, 1.165) is 11.1 Å². The number of hydrogen-bond donors (Lipinski definition) is 3. The van der Waals surface area contributed by atoms with E-state index in [2.05, 4.69) is 20.5 Å². The molecule has 0 saturated carbocycles. The van der Waals surface area contributed by atoms with Gasteiger partial charge in [-0.2, -0.15) is 5.10 Å². The van der Waals surface area contributed by atoms with Gasteiger partial charge in [0.05, 0.1) is 11.7 Å². The van der Waals surface area contributed by atoms with Gasteiger partial charge in [-0.05, 0) is 25.3 Å². The van der Waals surface area contributed by atoms with E-state index in [0.29, 0.717) is 24.2 Å². The van der Waals surface area contributed by atoms with Gasteiger partial charge in [-0.25, -0.2) is 4.98 Å². The minimum atomic E-state index is -0.396. The van der Waals surface area contributed by atoms with E-state index in [1.54, 1.807) is 6.07 Å². The lowest BCUT2D eigenvalue weighted by Gasteiger charge is -2.14. The van der Waals surface area contributed by atoms with Crippen LogP contribution in [0.25, 0.3) is 11.0 Å². The predicted octanol–water partition coefficient (Wildman–Crippen LogP) is 1.40. The molecule has 2 aromatic heterocycles. The van der Waals surface area contributed by atoms with Crippen LogP contribution in [0.15, 0.2) is 12.3 Å². The van der Waals surface area contributed by atoms with Crippen LogP contribution in [0, 0.1) is 12.8 Å². The molecule has 1 unspecified atom stereocenters. The Hall–Kier alpha value is -1.95. The molecule has 2 aromatic rings. The summed E-state index contributed by atoms with van der Waals surface area (Å²) in [6, 6.07) is 1.77. The molecule has 0 aromatic carbocycles. The number of aromatic nitrogens is 3. The summed E-state index contributed by atoms with van der Waals surface area (Å²) in [5.41, 5.74) is 1.99. The third-order valence-electron chi connectivity index (χ3n) is 3.36. The highest BCUT2D eigenvalue weighted by atomic mass is 16.3. The molecule has 0 bridgehead atoms. The van der Waals surface area contributed by atoms with Gasteiger partial charge in [0, 0.05) is 23.8 Å². The fourth-order valence-electron chi connectivity index (χ4n) is 1.91. The average molecular weight is 276 g/mol. The molecule has 0 spiro atoms. The second kappa shape index (κ2) is 6.00. The zero-order valence-corrected chi connectivity index (χ0v) is 12.0. The van der Waals surface area contributed by atoms with E-state index in [4.69, 9.17) is 0 Å². The number of H-pyrrole nitrogens is 1. The number of nitrogens with zero attached hydrogens (tertiary/aromatic N) is 2. The van der Waals surface area contributed by atoms with E-state index in [-0.39, 0.29) is 11.8 Å². The van der Waals surface area contributed by atoms with Gasteiger partial charge in [-0.15, -0.1) is 0 Å². The summed E-state index contributed by atoms with van der Waals surface area (Å²) < 4.78 is 0. The zero-order valence-electron chi connectivity index (χ0n) is 12.0. The van der Waals surface area contributed by atoms with Crippen LogP contribution in [0.2, 0.25) is 0 Å². The number of aryl methyl sites for hydroxylation is 1. The van der Waals surface area contributed by atoms with E-state index in [1.165, 1.54) is 6.20 Å². The standard InChI is InChI=1S/C14H20N4O2/c1-8(2)12(19)4-5-15-14(20)10-6-11-9(3)17-18-13(11)16-7-10/h6-8,12,19H,4-5H2,1-3H3,(H,15,20)(H,16,17,18). The summed E-state index contributed by atoms with van der Waals surface area (Å²) in [4.78, 5) is 16.2. The molecular formula is C14H20N4O2. The molecule has 2 rings (SSSR count). The topological polar surface area (TPSA) is 90.9 Å². The van der Waals surface area contributed by atoms with Gasteiger partial charge >= 0.3 is 0 Å². The lowest BCUT2D eigenvalue weighted by Crippen LogP contribution is -2.28. The third kappa shape index (κ3) is 3.14. The van der Waals surface area contributed by atoms with Crippen molar-refractivity contribution in [2.45, 2.75) is 33.3 Å². The van der Waals surface area contributed by atoms with Crippen molar-refractivity contribution in [1.29, 1.82) is 0 Å². The summed E-state index contributed by atoms with van der Waals surface area (Å²) in [7, 11) is 0. The summed E-state index contributed by atoms with van der Waals surface area (Å²) >= 11 is 0. The average Bonchev–Trinajstić information content (AvgIpc) is 2.79. The number of hydrogen-bond acceptors (Lipinski definition) is 4. The molecule has 3 N–H and O–H groups in total. The van der Waals surface area contributed by atoms with E-state index < -0.39 is 6.10 Å². The number of aliphatic hydroxyl groups excluding tert-OH is 1. The van der Waals surface area contributed by atoms with Crippen molar-refractivity contribution in [2.75, 3.05) is 6.54 Å². The fraction of sp³-hybridized carbons (Fsp3) is 0.500. The first-order chi connectivity index (χ1) is 9.49. The Kier molecular flexibility index (Phi) is 4.34. The quantitative estimate of drug-likeness (QED) is 0.770. The van der Waals surface area contributed by atoms with Gasteiger partial charge < -0.3 is 10.4 Å². The number of amides is 1. The number of aliphatic hydroxyl groups is 1. The van der Waals surface area contributed by atoms with Crippen molar-refractivity contribution < 1.29 is 9.90 Å². The monoisotopic (exact) mass is 276 g/mol. The van der Waals surface area contributed by atoms with Gasteiger partial charge in [0.2, 0.25) is 0 Å². The number of carbonyl (C=O) groups excluding carboxylic acids is 1. The van der Waals surface area contributed by atoms with Gasteiger partial charge in [0.25, 0.3) is 5.91 Å². The Balaban J connectivity index is 1.99. The number of nitrogens with one attached hydrogen (secondary N) is 2. The second-order valence-corrected chi connectivity index (χ2v) is 5.30. The van der Waals surface area contributed by atoms with Crippen LogP contribution in [0.1, 0.15) is 36.3 Å². The van der Waals surface area contributed by atoms with Crippen LogP contribution >= 0.6 is 0 Å². The molecule has 6 heteroatoms. The molecule has 0 aliphatic heterocycles.